The number of nitrogens with one attached hydrogen (secondary N) is 1. The maximum absolute atomic E-state index is 13.0. The number of aromatic nitrogens is 1. The Balaban J connectivity index is 2.13. The topological polar surface area (TPSA) is 59.1 Å². The molecule has 0 atom stereocenters. The van der Waals surface area contributed by atoms with Gasteiger partial charge in [0.1, 0.15) is 5.82 Å². The quantitative estimate of drug-likeness (QED) is 0.916. The van der Waals surface area contributed by atoms with Crippen LogP contribution in [0.5, 0.6) is 0 Å². The summed E-state index contributed by atoms with van der Waals surface area (Å²) in [6.45, 7) is 0.118. The van der Waals surface area contributed by atoms with E-state index in [-0.39, 0.29) is 11.4 Å². The Morgan fingerprint density at radius 2 is 2.06 bits per heavy atom. The van der Waals surface area contributed by atoms with Gasteiger partial charge in [0.25, 0.3) is 0 Å². The molecular weight excluding hydrogens is 255 g/mol. The van der Waals surface area contributed by atoms with E-state index in [0.717, 1.165) is 11.6 Å². The molecule has 0 amide bonds. The lowest BCUT2D eigenvalue weighted by Gasteiger charge is -2.06. The maximum atomic E-state index is 13.0. The zero-order valence-corrected chi connectivity index (χ0v) is 10.2. The average molecular weight is 266 g/mol. The molecule has 0 aliphatic rings. The summed E-state index contributed by atoms with van der Waals surface area (Å²) < 4.78 is 39.1. The molecule has 0 saturated carbocycles. The van der Waals surface area contributed by atoms with Crippen LogP contribution in [0.4, 0.5) is 4.39 Å². The summed E-state index contributed by atoms with van der Waals surface area (Å²) >= 11 is 0. The third-order valence-electron chi connectivity index (χ3n) is 2.30. The van der Waals surface area contributed by atoms with E-state index in [1.807, 2.05) is 0 Å². The maximum Gasteiger partial charge on any atom is 0.240 e. The molecule has 0 spiro atoms. The average Bonchev–Trinajstić information content (AvgIpc) is 2.38. The van der Waals surface area contributed by atoms with Crippen molar-refractivity contribution in [2.45, 2.75) is 11.4 Å². The van der Waals surface area contributed by atoms with Gasteiger partial charge in [-0.15, -0.1) is 0 Å². The molecule has 6 heteroatoms. The normalized spacial score (nSPS) is 11.4. The van der Waals surface area contributed by atoms with E-state index in [1.165, 1.54) is 18.2 Å². The number of rotatable bonds is 4. The highest BCUT2D eigenvalue weighted by Gasteiger charge is 2.13. The summed E-state index contributed by atoms with van der Waals surface area (Å²) in [5.74, 6) is -0.584. The Morgan fingerprint density at radius 3 is 2.72 bits per heavy atom. The first kappa shape index (κ1) is 12.7. The number of halogens is 1. The van der Waals surface area contributed by atoms with E-state index >= 15 is 0 Å². The molecule has 0 aliphatic heterocycles. The predicted molar refractivity (Wildman–Crippen MR) is 64.7 cm³/mol. The van der Waals surface area contributed by atoms with Crippen LogP contribution in [-0.2, 0) is 16.6 Å². The summed E-state index contributed by atoms with van der Waals surface area (Å²) in [6, 6.07) is 8.33. The molecule has 0 bridgehead atoms. The third-order valence-corrected chi connectivity index (χ3v) is 3.69. The Bertz CT molecular complexity index is 630. The molecular formula is C12H11FN2O2S. The van der Waals surface area contributed by atoms with Crippen molar-refractivity contribution in [1.82, 2.24) is 9.71 Å². The van der Waals surface area contributed by atoms with Gasteiger partial charge in [0.2, 0.25) is 10.0 Å². The van der Waals surface area contributed by atoms with Crippen LogP contribution in [0.1, 0.15) is 5.56 Å². The van der Waals surface area contributed by atoms with E-state index in [9.17, 15) is 12.8 Å². The lowest BCUT2D eigenvalue weighted by atomic mass is 10.3. The van der Waals surface area contributed by atoms with Crippen LogP contribution in [0.25, 0.3) is 0 Å². The highest BCUT2D eigenvalue weighted by molar-refractivity contribution is 7.89. The van der Waals surface area contributed by atoms with Crippen molar-refractivity contribution < 1.29 is 12.8 Å². The molecule has 0 aliphatic carbocycles. The fraction of sp³-hybridized carbons (Fsp3) is 0.0833. The van der Waals surface area contributed by atoms with Gasteiger partial charge in [-0.1, -0.05) is 12.1 Å². The fourth-order valence-corrected chi connectivity index (χ4v) is 2.45. The number of nitrogens with zero attached hydrogens (tertiary/aromatic N) is 1. The molecule has 0 radical (unpaired) electrons. The second kappa shape index (κ2) is 5.24. The Labute approximate surface area is 105 Å². The molecule has 18 heavy (non-hydrogen) atoms. The van der Waals surface area contributed by atoms with Gasteiger partial charge in [-0.25, -0.2) is 17.5 Å². The first-order chi connectivity index (χ1) is 8.58. The SMILES string of the molecule is O=S(=O)(NCc1cccnc1)c1cccc(F)c1. The standard InChI is InChI=1S/C12H11FN2O2S/c13-11-4-1-5-12(7-11)18(16,17)15-9-10-3-2-6-14-8-10/h1-8,15H,9H2. The van der Waals surface area contributed by atoms with Crippen LogP contribution in [0.15, 0.2) is 53.7 Å². The van der Waals surface area contributed by atoms with Crippen LogP contribution >= 0.6 is 0 Å². The minimum absolute atomic E-state index is 0.0913. The number of benzene rings is 1. The first-order valence-corrected chi connectivity index (χ1v) is 6.70. The monoisotopic (exact) mass is 266 g/mol. The molecule has 0 unspecified atom stereocenters. The van der Waals surface area contributed by atoms with E-state index in [4.69, 9.17) is 0 Å². The second-order valence-electron chi connectivity index (χ2n) is 3.64. The van der Waals surface area contributed by atoms with Gasteiger partial charge < -0.3 is 0 Å². The lowest BCUT2D eigenvalue weighted by molar-refractivity contribution is 0.577. The van der Waals surface area contributed by atoms with Crippen LogP contribution < -0.4 is 4.72 Å². The van der Waals surface area contributed by atoms with E-state index in [1.54, 1.807) is 24.5 Å². The first-order valence-electron chi connectivity index (χ1n) is 5.22. The summed E-state index contributed by atoms with van der Waals surface area (Å²) in [5, 5.41) is 0. The molecule has 0 saturated heterocycles. The largest absolute Gasteiger partial charge is 0.264 e. The fourth-order valence-electron chi connectivity index (χ4n) is 1.40. The Hall–Kier alpha value is -1.79. The van der Waals surface area contributed by atoms with Gasteiger partial charge >= 0.3 is 0 Å². The van der Waals surface area contributed by atoms with Gasteiger partial charge in [0, 0.05) is 18.9 Å². The number of pyridine rings is 1. The molecule has 1 heterocycles. The van der Waals surface area contributed by atoms with Gasteiger partial charge in [0.15, 0.2) is 0 Å². The molecule has 2 rings (SSSR count). The number of hydrogen-bond donors (Lipinski definition) is 1. The predicted octanol–water partition coefficient (Wildman–Crippen LogP) is 1.70. The lowest BCUT2D eigenvalue weighted by Crippen LogP contribution is -2.23. The van der Waals surface area contributed by atoms with Crippen LogP contribution in [0.2, 0.25) is 0 Å². The molecule has 1 aromatic heterocycles. The molecule has 4 nitrogen and oxygen atoms in total. The minimum Gasteiger partial charge on any atom is -0.264 e. The smallest absolute Gasteiger partial charge is 0.240 e. The van der Waals surface area contributed by atoms with E-state index in [0.29, 0.717) is 0 Å². The van der Waals surface area contributed by atoms with Crippen molar-refractivity contribution in [3.63, 3.8) is 0 Å². The van der Waals surface area contributed by atoms with Gasteiger partial charge in [-0.3, -0.25) is 4.98 Å². The van der Waals surface area contributed by atoms with Crippen LogP contribution in [-0.4, -0.2) is 13.4 Å². The van der Waals surface area contributed by atoms with E-state index in [2.05, 4.69) is 9.71 Å². The number of sulfonamides is 1. The number of hydrogen-bond acceptors (Lipinski definition) is 3. The zero-order valence-electron chi connectivity index (χ0n) is 9.38. The molecule has 1 N–H and O–H groups in total. The summed E-state index contributed by atoms with van der Waals surface area (Å²) in [7, 11) is -3.70. The van der Waals surface area contributed by atoms with Crippen molar-refractivity contribution in [3.05, 3.63) is 60.2 Å². The highest BCUT2D eigenvalue weighted by atomic mass is 32.2. The van der Waals surface area contributed by atoms with E-state index < -0.39 is 15.8 Å². The van der Waals surface area contributed by atoms with Gasteiger partial charge in [-0.2, -0.15) is 0 Å². The van der Waals surface area contributed by atoms with Gasteiger partial charge in [-0.05, 0) is 29.8 Å². The second-order valence-corrected chi connectivity index (χ2v) is 5.41. The molecule has 1 aromatic carbocycles. The molecule has 2 aromatic rings. The van der Waals surface area contributed by atoms with Crippen molar-refractivity contribution >= 4 is 10.0 Å². The minimum atomic E-state index is -3.70. The molecule has 0 fully saturated rings. The van der Waals surface area contributed by atoms with Crippen molar-refractivity contribution in [2.75, 3.05) is 0 Å². The van der Waals surface area contributed by atoms with Crippen molar-refractivity contribution in [2.24, 2.45) is 0 Å². The van der Waals surface area contributed by atoms with Crippen molar-refractivity contribution in [3.8, 4) is 0 Å². The highest BCUT2D eigenvalue weighted by Crippen LogP contribution is 2.10. The molecule has 94 valence electrons. The van der Waals surface area contributed by atoms with Gasteiger partial charge in [0.05, 0.1) is 4.90 Å². The van der Waals surface area contributed by atoms with Crippen LogP contribution in [0, 0.1) is 5.82 Å². The summed E-state index contributed by atoms with van der Waals surface area (Å²) in [4.78, 5) is 3.79. The summed E-state index contributed by atoms with van der Waals surface area (Å²) in [5.41, 5.74) is 0.734. The third kappa shape index (κ3) is 3.12. The Kier molecular flexibility index (Phi) is 3.69. The zero-order chi connectivity index (χ0) is 13.0. The van der Waals surface area contributed by atoms with Crippen LogP contribution in [0.3, 0.4) is 0 Å². The Morgan fingerprint density at radius 1 is 1.22 bits per heavy atom. The summed E-state index contributed by atoms with van der Waals surface area (Å²) in [6.07, 6.45) is 3.17. The van der Waals surface area contributed by atoms with Crippen molar-refractivity contribution in [1.29, 1.82) is 0 Å².